The summed E-state index contributed by atoms with van der Waals surface area (Å²) in [7, 11) is 0. The minimum Gasteiger partial charge on any atom is -0.338 e. The lowest BCUT2D eigenvalue weighted by Gasteiger charge is -2.47. The first-order valence-corrected chi connectivity index (χ1v) is 10.7. The lowest BCUT2D eigenvalue weighted by atomic mass is 9.76. The molecule has 154 valence electrons. The molecule has 3 heterocycles. The molecule has 0 spiro atoms. The molecule has 1 saturated heterocycles. The van der Waals surface area contributed by atoms with Gasteiger partial charge in [0.05, 0.1) is 17.2 Å². The topological polar surface area (TPSA) is 66.1 Å². The second-order valence-corrected chi connectivity index (χ2v) is 8.48. The van der Waals surface area contributed by atoms with E-state index in [0.29, 0.717) is 24.2 Å². The predicted octanol–water partition coefficient (Wildman–Crippen LogP) is 3.76. The Balaban J connectivity index is 1.53. The third-order valence-electron chi connectivity index (χ3n) is 6.65. The van der Waals surface area contributed by atoms with Gasteiger partial charge in [-0.1, -0.05) is 48.5 Å². The number of aromatic nitrogens is 1. The molecule has 5 nitrogen and oxygen atoms in total. The van der Waals surface area contributed by atoms with Crippen molar-refractivity contribution in [1.82, 2.24) is 9.47 Å². The average molecular weight is 409 g/mol. The summed E-state index contributed by atoms with van der Waals surface area (Å²) in [5.41, 5.74) is 3.08. The van der Waals surface area contributed by atoms with Gasteiger partial charge in [0.2, 0.25) is 0 Å². The van der Waals surface area contributed by atoms with Crippen LogP contribution < -0.4 is 5.56 Å². The molecular weight excluding hydrogens is 386 g/mol. The maximum Gasteiger partial charge on any atom is 0.255 e. The first-order chi connectivity index (χ1) is 15.2. The summed E-state index contributed by atoms with van der Waals surface area (Å²) in [6, 6.07) is 24.8. The van der Waals surface area contributed by atoms with Crippen LogP contribution in [0.15, 0.2) is 77.6 Å². The molecule has 0 radical (unpaired) electrons. The zero-order chi connectivity index (χ0) is 21.4. The van der Waals surface area contributed by atoms with Gasteiger partial charge in [-0.2, -0.15) is 5.26 Å². The van der Waals surface area contributed by atoms with Gasteiger partial charge >= 0.3 is 0 Å². The normalized spacial score (nSPS) is 21.8. The number of rotatable bonds is 3. The average Bonchev–Trinajstić information content (AvgIpc) is 2.82. The van der Waals surface area contributed by atoms with Crippen molar-refractivity contribution in [3.05, 3.63) is 106 Å². The van der Waals surface area contributed by atoms with E-state index in [1.54, 1.807) is 30.3 Å². The number of benzene rings is 2. The predicted molar refractivity (Wildman–Crippen MR) is 118 cm³/mol. The number of pyridine rings is 1. The highest BCUT2D eigenvalue weighted by atomic mass is 16.2. The third kappa shape index (κ3) is 3.44. The molecule has 1 aromatic heterocycles. The van der Waals surface area contributed by atoms with Gasteiger partial charge in [-0.3, -0.25) is 9.59 Å². The number of nitrogens with zero attached hydrogens (tertiary/aromatic N) is 3. The van der Waals surface area contributed by atoms with Crippen LogP contribution in [0.5, 0.6) is 0 Å². The summed E-state index contributed by atoms with van der Waals surface area (Å²) in [6.45, 7) is 1.16. The van der Waals surface area contributed by atoms with Crippen LogP contribution in [0.4, 0.5) is 0 Å². The summed E-state index contributed by atoms with van der Waals surface area (Å²) in [4.78, 5) is 28.1. The maximum absolute atomic E-state index is 13.4. The summed E-state index contributed by atoms with van der Waals surface area (Å²) in [5, 5.41) is 9.44. The standard InChI is InChI=1S/C26H23N3O2/c27-15-19-9-4-5-10-22(19)26(31)28-16-20-14-21(17-28)24(13-18-7-2-1-3-8-18)29-23(20)11-6-12-25(29)30/h1-12,20-21,24H,13-14,16-17H2/t20-,21+,24+/m1/s1. The molecule has 2 aliphatic rings. The van der Waals surface area contributed by atoms with Crippen molar-refractivity contribution < 1.29 is 4.79 Å². The second-order valence-electron chi connectivity index (χ2n) is 8.48. The monoisotopic (exact) mass is 409 g/mol. The quantitative estimate of drug-likeness (QED) is 0.662. The molecule has 2 aromatic carbocycles. The lowest BCUT2D eigenvalue weighted by Crippen LogP contribution is -2.51. The summed E-state index contributed by atoms with van der Waals surface area (Å²) >= 11 is 0. The van der Waals surface area contributed by atoms with Crippen LogP contribution in [-0.2, 0) is 6.42 Å². The smallest absolute Gasteiger partial charge is 0.255 e. The van der Waals surface area contributed by atoms with E-state index in [1.807, 2.05) is 39.8 Å². The zero-order valence-corrected chi connectivity index (χ0v) is 17.1. The Morgan fingerprint density at radius 2 is 1.74 bits per heavy atom. The van der Waals surface area contributed by atoms with E-state index >= 15 is 0 Å². The fourth-order valence-corrected chi connectivity index (χ4v) is 5.26. The van der Waals surface area contributed by atoms with Gasteiger partial charge in [-0.25, -0.2) is 0 Å². The number of nitriles is 1. The molecule has 2 bridgehead atoms. The van der Waals surface area contributed by atoms with Crippen molar-refractivity contribution in [1.29, 1.82) is 5.26 Å². The maximum atomic E-state index is 13.4. The Hall–Kier alpha value is -3.65. The van der Waals surface area contributed by atoms with Crippen LogP contribution in [0.25, 0.3) is 0 Å². The fraction of sp³-hybridized carbons (Fsp3) is 0.269. The number of hydrogen-bond acceptors (Lipinski definition) is 3. The van der Waals surface area contributed by atoms with Gasteiger partial charge in [0, 0.05) is 36.8 Å². The van der Waals surface area contributed by atoms with Crippen molar-refractivity contribution in [2.45, 2.75) is 24.8 Å². The molecule has 5 heteroatoms. The molecule has 3 atom stereocenters. The van der Waals surface area contributed by atoms with Crippen molar-refractivity contribution in [3.63, 3.8) is 0 Å². The zero-order valence-electron chi connectivity index (χ0n) is 17.1. The molecule has 0 N–H and O–H groups in total. The van der Waals surface area contributed by atoms with Crippen LogP contribution in [0.2, 0.25) is 0 Å². The minimum absolute atomic E-state index is 0.00385. The van der Waals surface area contributed by atoms with E-state index in [0.717, 1.165) is 18.5 Å². The van der Waals surface area contributed by atoms with Crippen LogP contribution >= 0.6 is 0 Å². The van der Waals surface area contributed by atoms with E-state index in [4.69, 9.17) is 0 Å². The molecule has 1 amide bonds. The second kappa shape index (κ2) is 7.88. The molecule has 0 aliphatic carbocycles. The van der Waals surface area contributed by atoms with E-state index in [2.05, 4.69) is 18.2 Å². The molecule has 2 aliphatic heterocycles. The van der Waals surface area contributed by atoms with Crippen molar-refractivity contribution in [3.8, 4) is 6.07 Å². The van der Waals surface area contributed by atoms with E-state index in [-0.39, 0.29) is 29.3 Å². The lowest BCUT2D eigenvalue weighted by molar-refractivity contribution is 0.0528. The Morgan fingerprint density at radius 1 is 0.968 bits per heavy atom. The third-order valence-corrected chi connectivity index (χ3v) is 6.65. The van der Waals surface area contributed by atoms with Crippen molar-refractivity contribution in [2.24, 2.45) is 5.92 Å². The highest BCUT2D eigenvalue weighted by molar-refractivity contribution is 5.96. The van der Waals surface area contributed by atoms with E-state index in [1.165, 1.54) is 5.56 Å². The van der Waals surface area contributed by atoms with E-state index in [9.17, 15) is 14.9 Å². The van der Waals surface area contributed by atoms with Gasteiger partial charge in [0.1, 0.15) is 0 Å². The molecule has 0 unspecified atom stereocenters. The van der Waals surface area contributed by atoms with Crippen molar-refractivity contribution in [2.75, 3.05) is 13.1 Å². The van der Waals surface area contributed by atoms with Crippen LogP contribution in [0.3, 0.4) is 0 Å². The van der Waals surface area contributed by atoms with Crippen LogP contribution in [-0.4, -0.2) is 28.5 Å². The number of hydrogen-bond donors (Lipinski definition) is 0. The highest BCUT2D eigenvalue weighted by Crippen LogP contribution is 2.42. The van der Waals surface area contributed by atoms with Gasteiger partial charge in [0.15, 0.2) is 0 Å². The van der Waals surface area contributed by atoms with E-state index < -0.39 is 0 Å². The van der Waals surface area contributed by atoms with Crippen LogP contribution in [0, 0.1) is 17.2 Å². The number of fused-ring (bicyclic) bond motifs is 4. The molecule has 1 fully saturated rings. The number of piperidine rings is 1. The molecular formula is C26H23N3O2. The Kier molecular flexibility index (Phi) is 4.91. The number of amides is 1. The molecule has 5 rings (SSSR count). The largest absolute Gasteiger partial charge is 0.338 e. The summed E-state index contributed by atoms with van der Waals surface area (Å²) < 4.78 is 1.97. The Bertz CT molecular complexity index is 1230. The molecule has 3 aromatic rings. The van der Waals surface area contributed by atoms with Gasteiger partial charge in [-0.15, -0.1) is 0 Å². The Labute approximate surface area is 181 Å². The fourth-order valence-electron chi connectivity index (χ4n) is 5.26. The van der Waals surface area contributed by atoms with Gasteiger partial charge < -0.3 is 9.47 Å². The highest BCUT2D eigenvalue weighted by Gasteiger charge is 2.42. The SMILES string of the molecule is N#Cc1ccccc1C(=O)N1C[C@H]2C[C@@H](C1)[C@H](Cc1ccccc1)n1c2cccc1=O. The van der Waals surface area contributed by atoms with Crippen molar-refractivity contribution >= 4 is 5.91 Å². The summed E-state index contributed by atoms with van der Waals surface area (Å²) in [5.74, 6) is 0.208. The van der Waals surface area contributed by atoms with Gasteiger partial charge in [0.25, 0.3) is 11.5 Å². The number of carbonyl (C=O) groups is 1. The molecule has 31 heavy (non-hydrogen) atoms. The molecule has 0 saturated carbocycles. The minimum atomic E-state index is -0.1000. The Morgan fingerprint density at radius 3 is 2.55 bits per heavy atom. The van der Waals surface area contributed by atoms with Crippen LogP contribution in [0.1, 0.15) is 45.6 Å². The van der Waals surface area contributed by atoms with Gasteiger partial charge in [-0.05, 0) is 42.5 Å². The number of carbonyl (C=O) groups excluding carboxylic acids is 1. The summed E-state index contributed by atoms with van der Waals surface area (Å²) in [6.07, 6.45) is 1.72. The first-order valence-electron chi connectivity index (χ1n) is 10.7. The first kappa shape index (κ1) is 19.3. The number of likely N-dealkylation sites (tertiary alicyclic amines) is 1.